The molecule has 0 saturated heterocycles. The fraction of sp³-hybridized carbons (Fsp3) is 0.667. The summed E-state index contributed by atoms with van der Waals surface area (Å²) < 4.78 is 5.82. The van der Waals surface area contributed by atoms with E-state index in [1.807, 2.05) is 38.1 Å². The van der Waals surface area contributed by atoms with Crippen LogP contribution in [0.5, 0.6) is 5.75 Å². The van der Waals surface area contributed by atoms with Gasteiger partial charge in [0, 0.05) is 5.56 Å². The van der Waals surface area contributed by atoms with Gasteiger partial charge in [-0.05, 0) is 32.3 Å². The summed E-state index contributed by atoms with van der Waals surface area (Å²) in [7, 11) is 0. The second-order valence-electron chi connectivity index (χ2n) is 6.31. The Labute approximate surface area is 123 Å². The van der Waals surface area contributed by atoms with Gasteiger partial charge in [0.2, 0.25) is 0 Å². The van der Waals surface area contributed by atoms with Crippen molar-refractivity contribution in [1.29, 1.82) is 0 Å². The summed E-state index contributed by atoms with van der Waals surface area (Å²) in [4.78, 5) is 0. The maximum absolute atomic E-state index is 10.6. The van der Waals surface area contributed by atoms with E-state index in [9.17, 15) is 5.11 Å². The lowest BCUT2D eigenvalue weighted by molar-refractivity contribution is 0.131. The molecule has 1 N–H and O–H groups in total. The number of hydrogen-bond acceptors (Lipinski definition) is 2. The molecule has 0 spiro atoms. The van der Waals surface area contributed by atoms with Crippen molar-refractivity contribution in [2.75, 3.05) is 0 Å². The van der Waals surface area contributed by atoms with E-state index in [1.54, 1.807) is 0 Å². The third kappa shape index (κ3) is 4.52. The first-order valence-corrected chi connectivity index (χ1v) is 8.10. The first-order valence-electron chi connectivity index (χ1n) is 8.10. The molecule has 1 aliphatic rings. The van der Waals surface area contributed by atoms with Gasteiger partial charge < -0.3 is 9.84 Å². The first kappa shape index (κ1) is 15.4. The molecule has 0 bridgehead atoms. The number of rotatable bonds is 5. The molecule has 20 heavy (non-hydrogen) atoms. The normalized spacial score (nSPS) is 18.8. The van der Waals surface area contributed by atoms with Crippen molar-refractivity contribution in [3.05, 3.63) is 29.8 Å². The van der Waals surface area contributed by atoms with Crippen molar-refractivity contribution in [1.82, 2.24) is 0 Å². The maximum Gasteiger partial charge on any atom is 0.125 e. The van der Waals surface area contributed by atoms with E-state index in [1.165, 1.54) is 38.5 Å². The van der Waals surface area contributed by atoms with Gasteiger partial charge in [-0.3, -0.25) is 0 Å². The molecule has 1 saturated carbocycles. The molecule has 0 radical (unpaired) electrons. The van der Waals surface area contributed by atoms with Gasteiger partial charge in [0.15, 0.2) is 0 Å². The Hall–Kier alpha value is -1.02. The van der Waals surface area contributed by atoms with Crippen LogP contribution in [-0.2, 0) is 0 Å². The molecular weight excluding hydrogens is 248 g/mol. The maximum atomic E-state index is 10.6. The quantitative estimate of drug-likeness (QED) is 0.778. The number of aliphatic hydroxyl groups is 1. The molecule has 1 atom stereocenters. The standard InChI is InChI=1S/C18H28O2/c1-14(2)20-18-12-8-7-11-16(18)17(19)13-15-9-5-3-4-6-10-15/h7-8,11-12,14-15,17,19H,3-6,9-10,13H2,1-2H3. The Bertz CT molecular complexity index is 392. The molecule has 0 aliphatic heterocycles. The van der Waals surface area contributed by atoms with Gasteiger partial charge in [-0.1, -0.05) is 56.7 Å². The Morgan fingerprint density at radius 3 is 2.40 bits per heavy atom. The van der Waals surface area contributed by atoms with Gasteiger partial charge in [-0.25, -0.2) is 0 Å². The van der Waals surface area contributed by atoms with Crippen LogP contribution in [0.15, 0.2) is 24.3 Å². The third-order valence-electron chi connectivity index (χ3n) is 4.17. The highest BCUT2D eigenvalue weighted by atomic mass is 16.5. The predicted octanol–water partition coefficient (Wildman–Crippen LogP) is 4.87. The van der Waals surface area contributed by atoms with Gasteiger partial charge in [-0.2, -0.15) is 0 Å². The molecule has 1 aliphatic carbocycles. The van der Waals surface area contributed by atoms with Gasteiger partial charge in [0.1, 0.15) is 5.75 Å². The minimum atomic E-state index is -0.395. The molecule has 1 aromatic rings. The molecule has 2 rings (SSSR count). The number of benzene rings is 1. The fourth-order valence-corrected chi connectivity index (χ4v) is 3.16. The highest BCUT2D eigenvalue weighted by Crippen LogP contribution is 2.34. The Morgan fingerprint density at radius 1 is 1.10 bits per heavy atom. The summed E-state index contributed by atoms with van der Waals surface area (Å²) in [6.07, 6.45) is 8.52. The van der Waals surface area contributed by atoms with Crippen LogP contribution in [0.3, 0.4) is 0 Å². The van der Waals surface area contributed by atoms with Gasteiger partial charge in [0.05, 0.1) is 12.2 Å². The zero-order valence-corrected chi connectivity index (χ0v) is 12.8. The summed E-state index contributed by atoms with van der Waals surface area (Å²) >= 11 is 0. The van der Waals surface area contributed by atoms with Gasteiger partial charge >= 0.3 is 0 Å². The van der Waals surface area contributed by atoms with Crippen LogP contribution >= 0.6 is 0 Å². The molecule has 2 heteroatoms. The molecule has 1 aromatic carbocycles. The first-order chi connectivity index (χ1) is 9.66. The summed E-state index contributed by atoms with van der Waals surface area (Å²) in [6.45, 7) is 4.04. The lowest BCUT2D eigenvalue weighted by Gasteiger charge is -2.21. The number of ether oxygens (including phenoxy) is 1. The Balaban J connectivity index is 2.02. The van der Waals surface area contributed by atoms with Gasteiger partial charge in [0.25, 0.3) is 0 Å². The summed E-state index contributed by atoms with van der Waals surface area (Å²) in [5, 5.41) is 10.6. The monoisotopic (exact) mass is 276 g/mol. The van der Waals surface area contributed by atoms with Crippen molar-refractivity contribution >= 4 is 0 Å². The SMILES string of the molecule is CC(C)Oc1ccccc1C(O)CC1CCCCCC1. The largest absolute Gasteiger partial charge is 0.491 e. The van der Waals surface area contributed by atoms with Crippen molar-refractivity contribution in [3.8, 4) is 5.75 Å². The highest BCUT2D eigenvalue weighted by molar-refractivity contribution is 5.35. The Morgan fingerprint density at radius 2 is 1.75 bits per heavy atom. The van der Waals surface area contributed by atoms with E-state index in [0.717, 1.165) is 17.7 Å². The van der Waals surface area contributed by atoms with Crippen molar-refractivity contribution in [2.24, 2.45) is 5.92 Å². The van der Waals surface area contributed by atoms with Crippen LogP contribution in [0.1, 0.15) is 70.5 Å². The average molecular weight is 276 g/mol. The topological polar surface area (TPSA) is 29.5 Å². The molecule has 1 fully saturated rings. The fourth-order valence-electron chi connectivity index (χ4n) is 3.16. The van der Waals surface area contributed by atoms with E-state index >= 15 is 0 Å². The summed E-state index contributed by atoms with van der Waals surface area (Å²) in [6, 6.07) is 7.92. The van der Waals surface area contributed by atoms with Crippen LogP contribution in [0.4, 0.5) is 0 Å². The molecule has 1 unspecified atom stereocenters. The summed E-state index contributed by atoms with van der Waals surface area (Å²) in [5.41, 5.74) is 0.949. The van der Waals surface area contributed by atoms with E-state index in [4.69, 9.17) is 4.74 Å². The zero-order chi connectivity index (χ0) is 14.4. The van der Waals surface area contributed by atoms with Crippen LogP contribution in [0.2, 0.25) is 0 Å². The number of hydrogen-bond donors (Lipinski definition) is 1. The molecule has 112 valence electrons. The minimum absolute atomic E-state index is 0.140. The third-order valence-corrected chi connectivity index (χ3v) is 4.17. The zero-order valence-electron chi connectivity index (χ0n) is 12.8. The predicted molar refractivity (Wildman–Crippen MR) is 83.0 cm³/mol. The molecule has 0 heterocycles. The van der Waals surface area contributed by atoms with Gasteiger partial charge in [-0.15, -0.1) is 0 Å². The number of para-hydroxylation sites is 1. The Kier molecular flexibility index (Phi) is 5.90. The minimum Gasteiger partial charge on any atom is -0.491 e. The lowest BCUT2D eigenvalue weighted by atomic mass is 9.91. The highest BCUT2D eigenvalue weighted by Gasteiger charge is 2.20. The molecule has 0 aromatic heterocycles. The molecule has 0 amide bonds. The average Bonchev–Trinajstić information content (AvgIpc) is 2.67. The van der Waals surface area contributed by atoms with Crippen LogP contribution in [0, 0.1) is 5.92 Å². The van der Waals surface area contributed by atoms with Crippen LogP contribution in [0.25, 0.3) is 0 Å². The van der Waals surface area contributed by atoms with E-state index in [0.29, 0.717) is 5.92 Å². The van der Waals surface area contributed by atoms with E-state index < -0.39 is 6.10 Å². The van der Waals surface area contributed by atoms with Crippen molar-refractivity contribution < 1.29 is 9.84 Å². The van der Waals surface area contributed by atoms with Crippen molar-refractivity contribution in [2.45, 2.75) is 71.0 Å². The van der Waals surface area contributed by atoms with Crippen LogP contribution in [-0.4, -0.2) is 11.2 Å². The van der Waals surface area contributed by atoms with E-state index in [2.05, 4.69) is 0 Å². The lowest BCUT2D eigenvalue weighted by Crippen LogP contribution is -2.11. The molecular formula is C18H28O2. The smallest absolute Gasteiger partial charge is 0.125 e. The van der Waals surface area contributed by atoms with Crippen LogP contribution < -0.4 is 4.74 Å². The number of aliphatic hydroxyl groups excluding tert-OH is 1. The molecule has 2 nitrogen and oxygen atoms in total. The second kappa shape index (κ2) is 7.68. The van der Waals surface area contributed by atoms with Crippen molar-refractivity contribution in [3.63, 3.8) is 0 Å². The van der Waals surface area contributed by atoms with E-state index in [-0.39, 0.29) is 6.10 Å². The second-order valence-corrected chi connectivity index (χ2v) is 6.31. The summed E-state index contributed by atoms with van der Waals surface area (Å²) in [5.74, 6) is 1.50.